The van der Waals surface area contributed by atoms with Crippen LogP contribution in [0.4, 0.5) is 0 Å². The standard InChI is InChI=1S/C45H34N4S/c1-32-41-15-9-10-16-44(41)50-49-30-38(29-47-31-48-32)35-23-21-34(22-24-35)37-25-26-42(36-19-17-33(28-46)18-20-36)43(27-37)45(2,39-11-5-3-6-12-39)40-13-7-4-8-14-40/h3-27,29-31H,1H2,2H3,(H,47,48)/b38-29+,49-30-. The number of benzene rings is 6. The smallest absolute Gasteiger partial charge is 0.0991 e. The van der Waals surface area contributed by atoms with Crippen molar-refractivity contribution in [1.29, 1.82) is 5.26 Å². The molecule has 0 radical (unpaired) electrons. The van der Waals surface area contributed by atoms with Crippen molar-refractivity contribution in [2.75, 3.05) is 0 Å². The van der Waals surface area contributed by atoms with Crippen LogP contribution in [0.15, 0.2) is 179 Å². The molecule has 7 rings (SSSR count). The Bertz CT molecular complexity index is 2240. The second-order valence-electron chi connectivity index (χ2n) is 12.2. The third-order valence-corrected chi connectivity index (χ3v) is 9.98. The minimum absolute atomic E-state index is 0.466. The lowest BCUT2D eigenvalue weighted by atomic mass is 9.68. The number of hydrogen-bond acceptors (Lipinski definition) is 5. The second kappa shape index (κ2) is 14.5. The van der Waals surface area contributed by atoms with E-state index < -0.39 is 5.41 Å². The van der Waals surface area contributed by atoms with Crippen LogP contribution in [0.3, 0.4) is 0 Å². The number of aliphatic imine (C=N–C) groups is 1. The molecule has 1 N–H and O–H groups in total. The Morgan fingerprint density at radius 3 is 1.94 bits per heavy atom. The lowest BCUT2D eigenvalue weighted by molar-refractivity contribution is 0.695. The van der Waals surface area contributed by atoms with E-state index in [4.69, 9.17) is 4.40 Å². The van der Waals surface area contributed by atoms with Crippen molar-refractivity contribution in [3.8, 4) is 28.3 Å². The fourth-order valence-electron chi connectivity index (χ4n) is 6.42. The molecule has 1 aliphatic heterocycles. The number of nitrogens with zero attached hydrogens (tertiary/aromatic N) is 3. The molecule has 240 valence electrons. The SMILES string of the molecule is C=C1/N=C\N/C=C(c2ccc(-c3ccc(-c4ccc(C#N)cc4)c(C(C)(c4ccccc4)c4ccccc4)c3)cc2)\C=N/Sc2ccccc21. The minimum atomic E-state index is -0.466. The molecule has 0 aromatic heterocycles. The maximum atomic E-state index is 9.48. The predicted octanol–water partition coefficient (Wildman–Crippen LogP) is 11.0. The Morgan fingerprint density at radius 2 is 1.26 bits per heavy atom. The molecular formula is C45H34N4S. The average Bonchev–Trinajstić information content (AvgIpc) is 3.22. The highest BCUT2D eigenvalue weighted by molar-refractivity contribution is 7.98. The zero-order chi connectivity index (χ0) is 34.3. The topological polar surface area (TPSA) is 60.5 Å². The zero-order valence-corrected chi connectivity index (χ0v) is 28.4. The van der Waals surface area contributed by atoms with Gasteiger partial charge in [0.2, 0.25) is 0 Å². The minimum Gasteiger partial charge on any atom is -0.352 e. The summed E-state index contributed by atoms with van der Waals surface area (Å²) in [7, 11) is 0. The number of hydrogen-bond donors (Lipinski definition) is 1. The zero-order valence-electron chi connectivity index (χ0n) is 27.6. The molecule has 0 amide bonds. The highest BCUT2D eigenvalue weighted by atomic mass is 32.2. The molecule has 50 heavy (non-hydrogen) atoms. The molecular weight excluding hydrogens is 629 g/mol. The highest BCUT2D eigenvalue weighted by Crippen LogP contribution is 2.45. The fourth-order valence-corrected chi connectivity index (χ4v) is 7.12. The van der Waals surface area contributed by atoms with Crippen molar-refractivity contribution in [3.05, 3.63) is 198 Å². The van der Waals surface area contributed by atoms with Crippen molar-refractivity contribution in [1.82, 2.24) is 5.32 Å². The van der Waals surface area contributed by atoms with Gasteiger partial charge in [-0.05, 0) is 75.7 Å². The van der Waals surface area contributed by atoms with Gasteiger partial charge in [-0.1, -0.05) is 134 Å². The molecule has 0 saturated heterocycles. The summed E-state index contributed by atoms with van der Waals surface area (Å²) < 4.78 is 4.70. The van der Waals surface area contributed by atoms with E-state index in [1.165, 1.54) is 28.6 Å². The molecule has 4 nitrogen and oxygen atoms in total. The van der Waals surface area contributed by atoms with Gasteiger partial charge in [0, 0.05) is 45.8 Å². The van der Waals surface area contributed by atoms with E-state index in [9.17, 15) is 5.26 Å². The number of fused-ring (bicyclic) bond motifs is 1. The van der Waals surface area contributed by atoms with E-state index in [0.717, 1.165) is 43.8 Å². The van der Waals surface area contributed by atoms with Gasteiger partial charge in [0.05, 0.1) is 23.7 Å². The first kappa shape index (κ1) is 32.3. The monoisotopic (exact) mass is 662 g/mol. The molecule has 0 bridgehead atoms. The number of allylic oxidation sites excluding steroid dienone is 1. The summed E-state index contributed by atoms with van der Waals surface area (Å²) in [6.07, 6.45) is 5.44. The summed E-state index contributed by atoms with van der Waals surface area (Å²) in [6.45, 7) is 6.43. The van der Waals surface area contributed by atoms with E-state index in [-0.39, 0.29) is 0 Å². The molecule has 0 aliphatic carbocycles. The van der Waals surface area contributed by atoms with Crippen molar-refractivity contribution >= 4 is 35.8 Å². The Morgan fingerprint density at radius 1 is 0.660 bits per heavy atom. The third kappa shape index (κ3) is 6.58. The van der Waals surface area contributed by atoms with Crippen LogP contribution in [0.2, 0.25) is 0 Å². The summed E-state index contributed by atoms with van der Waals surface area (Å²) in [5, 5.41) is 12.7. The van der Waals surface area contributed by atoms with E-state index in [0.29, 0.717) is 11.3 Å². The van der Waals surface area contributed by atoms with Gasteiger partial charge in [0.25, 0.3) is 0 Å². The van der Waals surface area contributed by atoms with Crippen LogP contribution in [0.5, 0.6) is 0 Å². The molecule has 0 saturated carbocycles. The molecule has 5 heteroatoms. The fraction of sp³-hybridized carbons (Fsp3) is 0.0444. The largest absolute Gasteiger partial charge is 0.352 e. The van der Waals surface area contributed by atoms with Crippen molar-refractivity contribution < 1.29 is 0 Å². The summed E-state index contributed by atoms with van der Waals surface area (Å²) in [6, 6.07) is 54.8. The van der Waals surface area contributed by atoms with Crippen LogP contribution in [0.1, 0.15) is 40.3 Å². The normalized spacial score (nSPS) is 15.3. The number of nitriles is 1. The van der Waals surface area contributed by atoms with E-state index >= 15 is 0 Å². The lowest BCUT2D eigenvalue weighted by Crippen LogP contribution is -2.26. The van der Waals surface area contributed by atoms with Gasteiger partial charge >= 0.3 is 0 Å². The second-order valence-corrected chi connectivity index (χ2v) is 13.0. The molecule has 0 unspecified atom stereocenters. The molecule has 6 aromatic rings. The number of nitrogens with one attached hydrogen (secondary N) is 1. The van der Waals surface area contributed by atoms with Gasteiger partial charge < -0.3 is 5.32 Å². The average molecular weight is 663 g/mol. The molecule has 0 spiro atoms. The summed E-state index contributed by atoms with van der Waals surface area (Å²) in [4.78, 5) is 5.50. The molecule has 1 aliphatic rings. The van der Waals surface area contributed by atoms with Gasteiger partial charge in [-0.2, -0.15) is 5.26 Å². The first-order valence-electron chi connectivity index (χ1n) is 16.4. The van der Waals surface area contributed by atoms with Gasteiger partial charge in [-0.15, -0.1) is 0 Å². The summed E-state index contributed by atoms with van der Waals surface area (Å²) in [5.74, 6) is 0. The Kier molecular flexibility index (Phi) is 9.37. The van der Waals surface area contributed by atoms with Crippen LogP contribution < -0.4 is 5.32 Å². The van der Waals surface area contributed by atoms with Crippen molar-refractivity contribution in [3.63, 3.8) is 0 Å². The highest BCUT2D eigenvalue weighted by Gasteiger charge is 2.33. The van der Waals surface area contributed by atoms with Crippen LogP contribution in [0.25, 0.3) is 33.5 Å². The Hall–Kier alpha value is -6.22. The van der Waals surface area contributed by atoms with Crippen LogP contribution in [-0.4, -0.2) is 12.6 Å². The molecule has 1 heterocycles. The van der Waals surface area contributed by atoms with E-state index in [2.05, 4.69) is 133 Å². The first-order valence-corrected chi connectivity index (χ1v) is 17.2. The van der Waals surface area contributed by atoms with Crippen LogP contribution >= 0.6 is 11.9 Å². The van der Waals surface area contributed by atoms with Gasteiger partial charge in [0.1, 0.15) is 0 Å². The maximum Gasteiger partial charge on any atom is 0.0991 e. The summed E-state index contributed by atoms with van der Waals surface area (Å²) in [5.41, 5.74) is 11.8. The third-order valence-electron chi connectivity index (χ3n) is 9.21. The maximum absolute atomic E-state index is 9.48. The Labute approximate surface area is 298 Å². The van der Waals surface area contributed by atoms with Crippen LogP contribution in [0, 0.1) is 11.3 Å². The Balaban J connectivity index is 1.30. The first-order chi connectivity index (χ1) is 24.5. The molecule has 0 fully saturated rings. The van der Waals surface area contributed by atoms with Crippen molar-refractivity contribution in [2.24, 2.45) is 9.39 Å². The van der Waals surface area contributed by atoms with E-state index in [1.807, 2.05) is 60.9 Å². The molecule has 6 aromatic carbocycles. The van der Waals surface area contributed by atoms with Gasteiger partial charge in [-0.3, -0.25) is 0 Å². The van der Waals surface area contributed by atoms with Gasteiger partial charge in [-0.25, -0.2) is 9.39 Å². The predicted molar refractivity (Wildman–Crippen MR) is 210 cm³/mol. The number of rotatable bonds is 6. The lowest BCUT2D eigenvalue weighted by Gasteiger charge is -2.34. The van der Waals surface area contributed by atoms with Crippen LogP contribution in [-0.2, 0) is 5.41 Å². The van der Waals surface area contributed by atoms with E-state index in [1.54, 1.807) is 6.34 Å². The molecule has 0 atom stereocenters. The summed E-state index contributed by atoms with van der Waals surface area (Å²) >= 11 is 1.41. The van der Waals surface area contributed by atoms with Gasteiger partial charge in [0.15, 0.2) is 0 Å². The quantitative estimate of drug-likeness (QED) is 0.143. The van der Waals surface area contributed by atoms with Crippen molar-refractivity contribution in [2.45, 2.75) is 17.2 Å².